The molecule has 4 rings (SSSR count). The largest absolute Gasteiger partial charge is 0.311 e. The van der Waals surface area contributed by atoms with Crippen LogP contribution in [0.3, 0.4) is 0 Å². The fourth-order valence-corrected chi connectivity index (χ4v) is 3.97. The monoisotopic (exact) mass is 280 g/mol. The van der Waals surface area contributed by atoms with Crippen molar-refractivity contribution >= 4 is 16.7 Å². The van der Waals surface area contributed by atoms with Gasteiger partial charge in [-0.25, -0.2) is 0 Å². The van der Waals surface area contributed by atoms with Gasteiger partial charge in [-0.2, -0.15) is 0 Å². The summed E-state index contributed by atoms with van der Waals surface area (Å²) in [5.41, 5.74) is 1.79. The lowest BCUT2D eigenvalue weighted by atomic mass is 9.87. The number of hydrogen-bond acceptors (Lipinski definition) is 3. The van der Waals surface area contributed by atoms with Crippen molar-refractivity contribution in [3.63, 3.8) is 0 Å². The Bertz CT molecular complexity index is 670. The van der Waals surface area contributed by atoms with Crippen LogP contribution in [0, 0.1) is 5.92 Å². The van der Waals surface area contributed by atoms with Crippen LogP contribution in [0.2, 0.25) is 0 Å². The number of ketones is 1. The third-order valence-corrected chi connectivity index (χ3v) is 4.97. The summed E-state index contributed by atoms with van der Waals surface area (Å²) < 4.78 is 0. The van der Waals surface area contributed by atoms with E-state index in [4.69, 9.17) is 0 Å². The Labute approximate surface area is 124 Å². The Balaban J connectivity index is 1.50. The molecule has 1 aromatic heterocycles. The van der Waals surface area contributed by atoms with Gasteiger partial charge in [0.2, 0.25) is 0 Å². The molecule has 2 atom stereocenters. The zero-order valence-corrected chi connectivity index (χ0v) is 12.1. The molecule has 0 saturated carbocycles. The zero-order chi connectivity index (χ0) is 14.2. The third kappa shape index (κ3) is 2.58. The molecule has 2 fully saturated rings. The highest BCUT2D eigenvalue weighted by Crippen LogP contribution is 2.33. The third-order valence-electron chi connectivity index (χ3n) is 4.97. The van der Waals surface area contributed by atoms with Crippen LogP contribution in [0.1, 0.15) is 42.5 Å². The van der Waals surface area contributed by atoms with Crippen LogP contribution in [0.5, 0.6) is 0 Å². The van der Waals surface area contributed by atoms with Crippen molar-refractivity contribution in [2.24, 2.45) is 5.92 Å². The lowest BCUT2D eigenvalue weighted by Gasteiger charge is -2.28. The highest BCUT2D eigenvalue weighted by molar-refractivity contribution is 5.99. The molecule has 0 amide bonds. The molecule has 2 saturated heterocycles. The van der Waals surface area contributed by atoms with Gasteiger partial charge in [0.1, 0.15) is 0 Å². The van der Waals surface area contributed by atoms with Gasteiger partial charge >= 0.3 is 0 Å². The average molecular weight is 280 g/mol. The zero-order valence-electron chi connectivity index (χ0n) is 12.1. The van der Waals surface area contributed by atoms with Crippen LogP contribution in [-0.4, -0.2) is 22.9 Å². The van der Waals surface area contributed by atoms with E-state index in [0.717, 1.165) is 29.3 Å². The van der Waals surface area contributed by atoms with Gasteiger partial charge < -0.3 is 5.32 Å². The number of pyridine rings is 1. The van der Waals surface area contributed by atoms with Crippen LogP contribution in [0.15, 0.2) is 36.5 Å². The van der Waals surface area contributed by atoms with Crippen molar-refractivity contribution in [1.82, 2.24) is 10.3 Å². The molecule has 2 aliphatic heterocycles. The summed E-state index contributed by atoms with van der Waals surface area (Å²) in [6.07, 6.45) is 7.39. The summed E-state index contributed by atoms with van der Waals surface area (Å²) in [5.74, 6) is 0.841. The maximum Gasteiger partial charge on any atom is 0.163 e. The lowest BCUT2D eigenvalue weighted by Crippen LogP contribution is -2.38. The smallest absolute Gasteiger partial charge is 0.163 e. The first-order valence-electron chi connectivity index (χ1n) is 7.92. The van der Waals surface area contributed by atoms with Gasteiger partial charge in [0.25, 0.3) is 0 Å². The number of piperidine rings is 1. The molecule has 2 unspecified atom stereocenters. The van der Waals surface area contributed by atoms with Crippen LogP contribution < -0.4 is 5.32 Å². The summed E-state index contributed by atoms with van der Waals surface area (Å²) in [6, 6.07) is 11.1. The molecule has 21 heavy (non-hydrogen) atoms. The molecule has 108 valence electrons. The maximum atomic E-state index is 12.5. The molecule has 3 heteroatoms. The first-order chi connectivity index (χ1) is 10.3. The molecule has 2 aromatic rings. The minimum atomic E-state index is 0.284. The predicted molar refractivity (Wildman–Crippen MR) is 83.4 cm³/mol. The van der Waals surface area contributed by atoms with Gasteiger partial charge in [-0.1, -0.05) is 6.07 Å². The fourth-order valence-electron chi connectivity index (χ4n) is 3.97. The van der Waals surface area contributed by atoms with Gasteiger partial charge in [-0.05, 0) is 55.9 Å². The van der Waals surface area contributed by atoms with E-state index < -0.39 is 0 Å². The van der Waals surface area contributed by atoms with Crippen molar-refractivity contribution in [3.8, 4) is 0 Å². The second kappa shape index (κ2) is 5.23. The van der Waals surface area contributed by atoms with E-state index in [0.29, 0.717) is 24.4 Å². The molecule has 3 nitrogen and oxygen atoms in total. The first kappa shape index (κ1) is 13.0. The van der Waals surface area contributed by atoms with E-state index in [1.807, 2.05) is 30.3 Å². The number of fused-ring (bicyclic) bond motifs is 3. The van der Waals surface area contributed by atoms with Crippen LogP contribution in [0.4, 0.5) is 0 Å². The fraction of sp³-hybridized carbons (Fsp3) is 0.444. The van der Waals surface area contributed by atoms with Crippen molar-refractivity contribution < 1.29 is 4.79 Å². The lowest BCUT2D eigenvalue weighted by molar-refractivity contribution is 0.0945. The van der Waals surface area contributed by atoms with Gasteiger partial charge in [-0.3, -0.25) is 9.78 Å². The molecule has 0 radical (unpaired) electrons. The SMILES string of the molecule is O=C(CC1CC2CCC(C1)N2)c1ccc2ncccc2c1. The van der Waals surface area contributed by atoms with Crippen LogP contribution in [0.25, 0.3) is 10.9 Å². The molecule has 0 aliphatic carbocycles. The maximum absolute atomic E-state index is 12.5. The van der Waals surface area contributed by atoms with Gasteiger partial charge in [0.15, 0.2) is 5.78 Å². The molecule has 3 heterocycles. The van der Waals surface area contributed by atoms with Crippen molar-refractivity contribution in [2.45, 2.75) is 44.2 Å². The quantitative estimate of drug-likeness (QED) is 0.877. The molecule has 1 aromatic carbocycles. The molecular formula is C18H20N2O. The molecule has 0 spiro atoms. The van der Waals surface area contributed by atoms with Gasteiger partial charge in [0.05, 0.1) is 5.52 Å². The van der Waals surface area contributed by atoms with Crippen LogP contribution in [-0.2, 0) is 0 Å². The molecule has 2 aliphatic rings. The number of nitrogens with zero attached hydrogens (tertiary/aromatic N) is 1. The number of nitrogens with one attached hydrogen (secondary N) is 1. The summed E-state index contributed by atoms with van der Waals surface area (Å²) in [4.78, 5) is 16.9. The summed E-state index contributed by atoms with van der Waals surface area (Å²) in [7, 11) is 0. The topological polar surface area (TPSA) is 42.0 Å². The Morgan fingerprint density at radius 3 is 2.81 bits per heavy atom. The Morgan fingerprint density at radius 2 is 2.00 bits per heavy atom. The highest BCUT2D eigenvalue weighted by atomic mass is 16.1. The molecule has 1 N–H and O–H groups in total. The predicted octanol–water partition coefficient (Wildman–Crippen LogP) is 3.34. The Morgan fingerprint density at radius 1 is 1.19 bits per heavy atom. The van der Waals surface area contributed by atoms with Crippen molar-refractivity contribution in [1.29, 1.82) is 0 Å². The first-order valence-corrected chi connectivity index (χ1v) is 7.92. The number of aromatic nitrogens is 1. The van der Waals surface area contributed by atoms with E-state index in [1.54, 1.807) is 6.20 Å². The summed E-state index contributed by atoms with van der Waals surface area (Å²) in [6.45, 7) is 0. The van der Waals surface area contributed by atoms with Crippen LogP contribution >= 0.6 is 0 Å². The Hall–Kier alpha value is -1.74. The number of rotatable bonds is 3. The minimum Gasteiger partial charge on any atom is -0.311 e. The second-order valence-corrected chi connectivity index (χ2v) is 6.51. The average Bonchev–Trinajstić information content (AvgIpc) is 2.85. The minimum absolute atomic E-state index is 0.284. The standard InChI is InChI=1S/C18H20N2O/c21-18(10-12-8-15-4-5-16(9-12)20-15)14-3-6-17-13(11-14)2-1-7-19-17/h1-3,6-7,11-12,15-16,20H,4-5,8-10H2. The number of benzene rings is 1. The molecule has 2 bridgehead atoms. The number of Topliss-reactive ketones (excluding diaryl/α,β-unsaturated/α-hetero) is 1. The van der Waals surface area contributed by atoms with E-state index >= 15 is 0 Å². The van der Waals surface area contributed by atoms with Gasteiger partial charge in [0, 0.05) is 35.7 Å². The highest BCUT2D eigenvalue weighted by Gasteiger charge is 2.34. The number of carbonyl (C=O) groups is 1. The number of carbonyl (C=O) groups excluding carboxylic acids is 1. The van der Waals surface area contributed by atoms with Crippen molar-refractivity contribution in [3.05, 3.63) is 42.1 Å². The van der Waals surface area contributed by atoms with Crippen molar-refractivity contribution in [2.75, 3.05) is 0 Å². The van der Waals surface area contributed by atoms with E-state index in [2.05, 4.69) is 10.3 Å². The van der Waals surface area contributed by atoms with Gasteiger partial charge in [-0.15, -0.1) is 0 Å². The summed E-state index contributed by atoms with van der Waals surface area (Å²) in [5, 5.41) is 4.69. The second-order valence-electron chi connectivity index (χ2n) is 6.51. The van der Waals surface area contributed by atoms with E-state index in [-0.39, 0.29) is 5.78 Å². The molecular weight excluding hydrogens is 260 g/mol. The summed E-state index contributed by atoms with van der Waals surface area (Å²) >= 11 is 0. The Kier molecular flexibility index (Phi) is 3.23. The van der Waals surface area contributed by atoms with E-state index in [9.17, 15) is 4.79 Å². The normalized spacial score (nSPS) is 27.9. The van der Waals surface area contributed by atoms with E-state index in [1.165, 1.54) is 12.8 Å². The number of hydrogen-bond donors (Lipinski definition) is 1.